The third-order valence-electron chi connectivity index (χ3n) is 6.02. The largest absolute Gasteiger partial charge is 0.435 e. The molecular formula is C27H28N6O2. The van der Waals surface area contributed by atoms with Gasteiger partial charge in [-0.25, -0.2) is 15.0 Å². The van der Waals surface area contributed by atoms with Crippen LogP contribution in [0.25, 0.3) is 22.8 Å². The molecule has 2 aromatic carbocycles. The molecule has 3 heterocycles. The first-order valence-electron chi connectivity index (χ1n) is 11.8. The minimum Gasteiger partial charge on any atom is -0.435 e. The van der Waals surface area contributed by atoms with Crippen molar-refractivity contribution in [2.45, 2.75) is 13.0 Å². The van der Waals surface area contributed by atoms with Crippen LogP contribution in [-0.4, -0.2) is 64.5 Å². The zero-order valence-corrected chi connectivity index (χ0v) is 19.7. The van der Waals surface area contributed by atoms with Gasteiger partial charge in [0.2, 0.25) is 11.8 Å². The summed E-state index contributed by atoms with van der Waals surface area (Å²) in [6.07, 6.45) is 3.53. The second-order valence-electron chi connectivity index (χ2n) is 8.64. The van der Waals surface area contributed by atoms with Gasteiger partial charge in [0.25, 0.3) is 5.91 Å². The molecule has 0 aliphatic carbocycles. The standard InChI is InChI=1S/C27H28N6O2/c1-20(19-32-15-17-33(18-16-32)27-28-13-8-14-29-27)30-25(34)23-24(21-9-4-2-5-10-21)35-26(31-23)22-11-6-3-7-12-22/h2-14,20H,15-19H2,1H3,(H,30,34). The Bertz CT molecular complexity index is 1240. The highest BCUT2D eigenvalue weighted by Crippen LogP contribution is 2.29. The molecule has 4 aromatic rings. The Morgan fingerprint density at radius 1 is 0.914 bits per heavy atom. The first kappa shape index (κ1) is 22.7. The monoisotopic (exact) mass is 468 g/mol. The predicted octanol–water partition coefficient (Wildman–Crippen LogP) is 3.74. The summed E-state index contributed by atoms with van der Waals surface area (Å²) in [5.74, 6) is 1.44. The van der Waals surface area contributed by atoms with Crippen molar-refractivity contribution in [1.29, 1.82) is 0 Å². The lowest BCUT2D eigenvalue weighted by Crippen LogP contribution is -2.51. The Morgan fingerprint density at radius 2 is 1.54 bits per heavy atom. The van der Waals surface area contributed by atoms with E-state index in [9.17, 15) is 4.79 Å². The Hall–Kier alpha value is -4.04. The molecule has 1 aliphatic heterocycles. The van der Waals surface area contributed by atoms with Crippen molar-refractivity contribution < 1.29 is 9.21 Å². The van der Waals surface area contributed by atoms with Gasteiger partial charge in [0.05, 0.1) is 0 Å². The van der Waals surface area contributed by atoms with Crippen LogP contribution in [0.5, 0.6) is 0 Å². The van der Waals surface area contributed by atoms with Gasteiger partial charge in [-0.2, -0.15) is 0 Å². The third-order valence-corrected chi connectivity index (χ3v) is 6.02. The summed E-state index contributed by atoms with van der Waals surface area (Å²) >= 11 is 0. The lowest BCUT2D eigenvalue weighted by molar-refractivity contribution is 0.0924. The summed E-state index contributed by atoms with van der Waals surface area (Å²) in [6.45, 7) is 6.25. The van der Waals surface area contributed by atoms with Crippen LogP contribution in [0, 0.1) is 0 Å². The fourth-order valence-electron chi connectivity index (χ4n) is 4.27. The molecule has 8 heteroatoms. The number of hydrogen-bond donors (Lipinski definition) is 1. The SMILES string of the molecule is CC(CN1CCN(c2ncccn2)CC1)NC(=O)c1nc(-c2ccccc2)oc1-c1ccccc1. The second kappa shape index (κ2) is 10.5. The maximum atomic E-state index is 13.3. The van der Waals surface area contributed by atoms with E-state index in [1.165, 1.54) is 0 Å². The number of anilines is 1. The van der Waals surface area contributed by atoms with Gasteiger partial charge in [-0.15, -0.1) is 0 Å². The summed E-state index contributed by atoms with van der Waals surface area (Å²) in [4.78, 5) is 31.1. The van der Waals surface area contributed by atoms with Gasteiger partial charge >= 0.3 is 0 Å². The number of aromatic nitrogens is 3. The fraction of sp³-hybridized carbons (Fsp3) is 0.259. The zero-order chi connectivity index (χ0) is 24.0. The van der Waals surface area contributed by atoms with Crippen LogP contribution in [0.1, 0.15) is 17.4 Å². The Labute approximate surface area is 204 Å². The number of nitrogens with one attached hydrogen (secondary N) is 1. The van der Waals surface area contributed by atoms with E-state index in [4.69, 9.17) is 4.42 Å². The highest BCUT2D eigenvalue weighted by atomic mass is 16.4. The maximum Gasteiger partial charge on any atom is 0.274 e. The molecule has 1 unspecified atom stereocenters. The fourth-order valence-corrected chi connectivity index (χ4v) is 4.27. The van der Waals surface area contributed by atoms with Gasteiger partial charge in [0, 0.05) is 62.3 Å². The number of hydrogen-bond acceptors (Lipinski definition) is 7. The van der Waals surface area contributed by atoms with E-state index in [2.05, 4.69) is 30.1 Å². The molecule has 0 bridgehead atoms. The van der Waals surface area contributed by atoms with E-state index in [0.717, 1.165) is 49.8 Å². The van der Waals surface area contributed by atoms with Crippen LogP contribution in [0.4, 0.5) is 5.95 Å². The summed E-state index contributed by atoms with van der Waals surface area (Å²) in [6, 6.07) is 21.0. The van der Waals surface area contributed by atoms with Crippen molar-refractivity contribution in [2.24, 2.45) is 0 Å². The van der Waals surface area contributed by atoms with Gasteiger partial charge in [-0.05, 0) is 25.1 Å². The highest BCUT2D eigenvalue weighted by molar-refractivity contribution is 5.98. The van der Waals surface area contributed by atoms with E-state index >= 15 is 0 Å². The minimum absolute atomic E-state index is 0.0532. The van der Waals surface area contributed by atoms with Crippen molar-refractivity contribution >= 4 is 11.9 Å². The summed E-state index contributed by atoms with van der Waals surface area (Å²) in [5, 5.41) is 3.12. The molecule has 1 amide bonds. The zero-order valence-electron chi connectivity index (χ0n) is 19.7. The predicted molar refractivity (Wildman–Crippen MR) is 135 cm³/mol. The van der Waals surface area contributed by atoms with Crippen LogP contribution in [-0.2, 0) is 0 Å². The highest BCUT2D eigenvalue weighted by Gasteiger charge is 2.25. The first-order chi connectivity index (χ1) is 17.2. The quantitative estimate of drug-likeness (QED) is 0.442. The number of nitrogens with zero attached hydrogens (tertiary/aromatic N) is 5. The van der Waals surface area contributed by atoms with Crippen LogP contribution in [0.3, 0.4) is 0 Å². The number of oxazole rings is 1. The summed E-state index contributed by atoms with van der Waals surface area (Å²) < 4.78 is 6.09. The van der Waals surface area contributed by atoms with E-state index in [1.54, 1.807) is 12.4 Å². The van der Waals surface area contributed by atoms with Crippen molar-refractivity contribution in [2.75, 3.05) is 37.6 Å². The van der Waals surface area contributed by atoms with Gasteiger partial charge in [0.15, 0.2) is 11.5 Å². The number of carbonyl (C=O) groups excluding carboxylic acids is 1. The Balaban J connectivity index is 1.26. The Kier molecular flexibility index (Phi) is 6.81. The molecule has 1 saturated heterocycles. The average molecular weight is 469 g/mol. The molecule has 1 fully saturated rings. The maximum absolute atomic E-state index is 13.3. The Morgan fingerprint density at radius 3 is 2.20 bits per heavy atom. The van der Waals surface area contributed by atoms with E-state index in [-0.39, 0.29) is 11.9 Å². The van der Waals surface area contributed by atoms with Crippen molar-refractivity contribution in [3.05, 3.63) is 84.8 Å². The molecule has 1 N–H and O–H groups in total. The van der Waals surface area contributed by atoms with Crippen LogP contribution >= 0.6 is 0 Å². The summed E-state index contributed by atoms with van der Waals surface area (Å²) in [7, 11) is 0. The topological polar surface area (TPSA) is 87.4 Å². The molecule has 0 radical (unpaired) electrons. The van der Waals surface area contributed by atoms with Crippen LogP contribution < -0.4 is 10.2 Å². The van der Waals surface area contributed by atoms with Gasteiger partial charge in [-0.1, -0.05) is 48.5 Å². The van der Waals surface area contributed by atoms with Crippen molar-refractivity contribution in [3.8, 4) is 22.8 Å². The van der Waals surface area contributed by atoms with Gasteiger partial charge in [0.1, 0.15) is 0 Å². The van der Waals surface area contributed by atoms with Crippen molar-refractivity contribution in [1.82, 2.24) is 25.2 Å². The molecule has 5 rings (SSSR count). The lowest BCUT2D eigenvalue weighted by atomic mass is 10.1. The minimum atomic E-state index is -0.237. The number of benzene rings is 2. The molecule has 0 saturated carbocycles. The van der Waals surface area contributed by atoms with Gasteiger partial charge < -0.3 is 14.6 Å². The van der Waals surface area contributed by atoms with Crippen LogP contribution in [0.15, 0.2) is 83.5 Å². The van der Waals surface area contributed by atoms with E-state index in [1.807, 2.05) is 73.7 Å². The normalized spacial score (nSPS) is 15.1. The first-order valence-corrected chi connectivity index (χ1v) is 11.8. The number of rotatable bonds is 7. The van der Waals surface area contributed by atoms with Gasteiger partial charge in [-0.3, -0.25) is 9.69 Å². The summed E-state index contributed by atoms with van der Waals surface area (Å²) in [5.41, 5.74) is 1.95. The second-order valence-corrected chi connectivity index (χ2v) is 8.64. The molecule has 1 aliphatic rings. The average Bonchev–Trinajstić information content (AvgIpc) is 3.37. The van der Waals surface area contributed by atoms with E-state index < -0.39 is 0 Å². The van der Waals surface area contributed by atoms with Crippen molar-refractivity contribution in [3.63, 3.8) is 0 Å². The molecule has 2 aromatic heterocycles. The lowest BCUT2D eigenvalue weighted by Gasteiger charge is -2.35. The smallest absolute Gasteiger partial charge is 0.274 e. The molecule has 35 heavy (non-hydrogen) atoms. The molecular weight excluding hydrogens is 440 g/mol. The number of carbonyl (C=O) groups is 1. The molecule has 0 spiro atoms. The number of amides is 1. The van der Waals surface area contributed by atoms with Crippen LogP contribution in [0.2, 0.25) is 0 Å². The molecule has 1 atom stereocenters. The number of piperazine rings is 1. The van der Waals surface area contributed by atoms with E-state index in [0.29, 0.717) is 17.3 Å². The third kappa shape index (κ3) is 5.38. The molecule has 178 valence electrons. The molecule has 8 nitrogen and oxygen atoms in total.